The van der Waals surface area contributed by atoms with Crippen molar-refractivity contribution in [2.45, 2.75) is 26.4 Å². The van der Waals surface area contributed by atoms with Crippen molar-refractivity contribution in [2.75, 3.05) is 20.3 Å². The van der Waals surface area contributed by atoms with Gasteiger partial charge < -0.3 is 10.1 Å². The summed E-state index contributed by atoms with van der Waals surface area (Å²) in [6, 6.07) is 0.371. The van der Waals surface area contributed by atoms with Gasteiger partial charge in [-0.05, 0) is 13.8 Å². The van der Waals surface area contributed by atoms with Crippen molar-refractivity contribution >= 4 is 0 Å². The van der Waals surface area contributed by atoms with E-state index < -0.39 is 0 Å². The van der Waals surface area contributed by atoms with E-state index in [0.717, 1.165) is 12.4 Å². The van der Waals surface area contributed by atoms with Crippen molar-refractivity contribution in [1.82, 2.24) is 20.1 Å². The summed E-state index contributed by atoms with van der Waals surface area (Å²) >= 11 is 0. The van der Waals surface area contributed by atoms with Crippen molar-refractivity contribution in [3.63, 3.8) is 0 Å². The fraction of sp³-hybridized carbons (Fsp3) is 0.778. The Bertz CT molecular complexity index is 259. The molecule has 0 bridgehead atoms. The monoisotopic (exact) mass is 198 g/mol. The molecular formula is C9H18N4O. The van der Waals surface area contributed by atoms with Crippen molar-refractivity contribution in [2.24, 2.45) is 0 Å². The van der Waals surface area contributed by atoms with Crippen LogP contribution in [-0.2, 0) is 11.3 Å². The van der Waals surface area contributed by atoms with Gasteiger partial charge in [-0.25, -0.2) is 4.98 Å². The van der Waals surface area contributed by atoms with E-state index in [4.69, 9.17) is 4.74 Å². The van der Waals surface area contributed by atoms with Crippen LogP contribution in [0.4, 0.5) is 0 Å². The van der Waals surface area contributed by atoms with Crippen LogP contribution in [0, 0.1) is 0 Å². The van der Waals surface area contributed by atoms with Gasteiger partial charge in [0.15, 0.2) is 5.82 Å². The Kier molecular flexibility index (Phi) is 4.55. The third-order valence-electron chi connectivity index (χ3n) is 1.85. The van der Waals surface area contributed by atoms with Crippen LogP contribution in [0.25, 0.3) is 0 Å². The highest BCUT2D eigenvalue weighted by Gasteiger charge is 2.02. The van der Waals surface area contributed by atoms with Gasteiger partial charge in [-0.3, -0.25) is 4.68 Å². The minimum absolute atomic E-state index is 0.371. The van der Waals surface area contributed by atoms with E-state index >= 15 is 0 Å². The lowest BCUT2D eigenvalue weighted by Crippen LogP contribution is -2.19. The van der Waals surface area contributed by atoms with Gasteiger partial charge in [0.25, 0.3) is 0 Å². The van der Waals surface area contributed by atoms with E-state index in [9.17, 15) is 0 Å². The molecule has 0 unspecified atom stereocenters. The molecule has 5 heteroatoms. The molecule has 0 saturated carbocycles. The number of hydrogen-bond acceptors (Lipinski definition) is 4. The molecule has 80 valence electrons. The Hall–Kier alpha value is -0.940. The quantitative estimate of drug-likeness (QED) is 0.680. The molecule has 0 fully saturated rings. The topological polar surface area (TPSA) is 52.0 Å². The molecule has 1 N–H and O–H groups in total. The zero-order valence-corrected chi connectivity index (χ0v) is 9.03. The molecule has 0 atom stereocenters. The molecule has 1 aromatic heterocycles. The number of methoxy groups -OCH3 is 1. The number of nitrogens with one attached hydrogen (secondary N) is 1. The normalized spacial score (nSPS) is 11.1. The average molecular weight is 198 g/mol. The van der Waals surface area contributed by atoms with Crippen LogP contribution in [0.2, 0.25) is 0 Å². The number of hydrogen-bond donors (Lipinski definition) is 1. The summed E-state index contributed by atoms with van der Waals surface area (Å²) in [5.41, 5.74) is 0. The number of nitrogens with zero attached hydrogens (tertiary/aromatic N) is 3. The lowest BCUT2D eigenvalue weighted by atomic mass is 10.4. The largest absolute Gasteiger partial charge is 0.383 e. The van der Waals surface area contributed by atoms with E-state index in [1.54, 1.807) is 13.4 Å². The summed E-state index contributed by atoms with van der Waals surface area (Å²) in [4.78, 5) is 4.18. The number of aromatic nitrogens is 3. The molecule has 0 aromatic carbocycles. The van der Waals surface area contributed by atoms with E-state index in [-0.39, 0.29) is 0 Å². The zero-order chi connectivity index (χ0) is 10.4. The van der Waals surface area contributed by atoms with Gasteiger partial charge in [-0.15, -0.1) is 0 Å². The summed E-state index contributed by atoms with van der Waals surface area (Å²) in [7, 11) is 1.69. The van der Waals surface area contributed by atoms with Crippen LogP contribution in [0.15, 0.2) is 6.33 Å². The second-order valence-electron chi connectivity index (χ2n) is 3.40. The first-order chi connectivity index (χ1) is 6.74. The second kappa shape index (κ2) is 5.72. The molecule has 5 nitrogen and oxygen atoms in total. The lowest BCUT2D eigenvalue weighted by Gasteiger charge is -2.02. The Labute approximate surface area is 84.5 Å². The summed E-state index contributed by atoms with van der Waals surface area (Å²) in [5, 5.41) is 7.50. The van der Waals surface area contributed by atoms with Gasteiger partial charge in [0.05, 0.1) is 13.2 Å². The van der Waals surface area contributed by atoms with Crippen LogP contribution in [0.3, 0.4) is 0 Å². The molecule has 14 heavy (non-hydrogen) atoms. The van der Waals surface area contributed by atoms with Crippen molar-refractivity contribution < 1.29 is 4.74 Å². The van der Waals surface area contributed by atoms with E-state index in [0.29, 0.717) is 19.2 Å². The molecule has 0 aliphatic heterocycles. The van der Waals surface area contributed by atoms with Crippen LogP contribution >= 0.6 is 0 Å². The van der Waals surface area contributed by atoms with Crippen molar-refractivity contribution in [1.29, 1.82) is 0 Å². The van der Waals surface area contributed by atoms with Crippen LogP contribution in [0.5, 0.6) is 0 Å². The molecular weight excluding hydrogens is 180 g/mol. The Morgan fingerprint density at radius 1 is 1.57 bits per heavy atom. The van der Waals surface area contributed by atoms with Gasteiger partial charge in [0, 0.05) is 19.7 Å². The maximum atomic E-state index is 4.91. The summed E-state index contributed by atoms with van der Waals surface area (Å²) in [6.07, 6.45) is 1.76. The van der Waals surface area contributed by atoms with Gasteiger partial charge in [0.1, 0.15) is 6.33 Å². The fourth-order valence-corrected chi connectivity index (χ4v) is 1.01. The summed E-state index contributed by atoms with van der Waals surface area (Å²) in [5.74, 6) is 0.829. The van der Waals surface area contributed by atoms with Gasteiger partial charge in [-0.1, -0.05) is 0 Å². The predicted molar refractivity (Wildman–Crippen MR) is 54.0 cm³/mol. The zero-order valence-electron chi connectivity index (χ0n) is 9.03. The average Bonchev–Trinajstić information content (AvgIpc) is 2.61. The number of rotatable bonds is 6. The predicted octanol–water partition coefficient (Wildman–Crippen LogP) is 0.595. The first-order valence-electron chi connectivity index (χ1n) is 4.83. The molecule has 0 amide bonds. The van der Waals surface area contributed by atoms with Gasteiger partial charge >= 0.3 is 0 Å². The third-order valence-corrected chi connectivity index (χ3v) is 1.85. The third kappa shape index (κ3) is 3.43. The number of ether oxygens (including phenoxy) is 1. The van der Waals surface area contributed by atoms with Gasteiger partial charge in [0.2, 0.25) is 0 Å². The fourth-order valence-electron chi connectivity index (χ4n) is 1.01. The molecule has 0 aliphatic rings. The maximum Gasteiger partial charge on any atom is 0.164 e. The molecule has 0 radical (unpaired) electrons. The minimum Gasteiger partial charge on any atom is -0.383 e. The smallest absolute Gasteiger partial charge is 0.164 e. The maximum absolute atomic E-state index is 4.91. The SMILES string of the molecule is COCCNCc1ncn(C(C)C)n1. The highest BCUT2D eigenvalue weighted by Crippen LogP contribution is 2.00. The van der Waals surface area contributed by atoms with E-state index in [1.165, 1.54) is 0 Å². The molecule has 1 rings (SSSR count). The van der Waals surface area contributed by atoms with E-state index in [2.05, 4.69) is 29.2 Å². The first kappa shape index (κ1) is 11.1. The lowest BCUT2D eigenvalue weighted by molar-refractivity contribution is 0.199. The van der Waals surface area contributed by atoms with Crippen LogP contribution in [-0.4, -0.2) is 35.0 Å². The molecule has 1 heterocycles. The Morgan fingerprint density at radius 2 is 2.36 bits per heavy atom. The van der Waals surface area contributed by atoms with Gasteiger partial charge in [-0.2, -0.15) is 5.10 Å². The van der Waals surface area contributed by atoms with Crippen molar-refractivity contribution in [3.05, 3.63) is 12.2 Å². The van der Waals surface area contributed by atoms with Crippen LogP contribution < -0.4 is 5.32 Å². The Morgan fingerprint density at radius 3 is 2.93 bits per heavy atom. The second-order valence-corrected chi connectivity index (χ2v) is 3.40. The Balaban J connectivity index is 2.29. The standard InChI is InChI=1S/C9H18N4O/c1-8(2)13-7-11-9(12-13)6-10-4-5-14-3/h7-8,10H,4-6H2,1-3H3. The highest BCUT2D eigenvalue weighted by atomic mass is 16.5. The molecule has 1 aromatic rings. The highest BCUT2D eigenvalue weighted by molar-refractivity contribution is 4.81. The van der Waals surface area contributed by atoms with E-state index in [1.807, 2.05) is 4.68 Å². The first-order valence-corrected chi connectivity index (χ1v) is 4.83. The summed E-state index contributed by atoms with van der Waals surface area (Å²) in [6.45, 7) is 6.40. The summed E-state index contributed by atoms with van der Waals surface area (Å²) < 4.78 is 6.77. The minimum atomic E-state index is 0.371. The van der Waals surface area contributed by atoms with Crippen LogP contribution in [0.1, 0.15) is 25.7 Å². The molecule has 0 spiro atoms. The molecule has 0 aliphatic carbocycles. The van der Waals surface area contributed by atoms with Crippen molar-refractivity contribution in [3.8, 4) is 0 Å². The molecule has 0 saturated heterocycles.